The summed E-state index contributed by atoms with van der Waals surface area (Å²) in [4.78, 5) is 2.70. The second-order valence-corrected chi connectivity index (χ2v) is 7.04. The fraction of sp³-hybridized carbons (Fsp3) is 0.944. The molecule has 2 rings (SSSR count). The molecule has 1 saturated heterocycles. The third kappa shape index (κ3) is 4.97. The van der Waals surface area contributed by atoms with Gasteiger partial charge in [0.1, 0.15) is 5.54 Å². The summed E-state index contributed by atoms with van der Waals surface area (Å²) in [7, 11) is 0. The quantitative estimate of drug-likeness (QED) is 0.701. The van der Waals surface area contributed by atoms with Gasteiger partial charge in [-0.1, -0.05) is 26.7 Å². The first-order chi connectivity index (χ1) is 10.2. The molecule has 2 aliphatic rings. The van der Waals surface area contributed by atoms with Gasteiger partial charge in [0.25, 0.3) is 0 Å². The van der Waals surface area contributed by atoms with Crippen molar-refractivity contribution in [3.63, 3.8) is 0 Å². The highest BCUT2D eigenvalue weighted by atomic mass is 15.2. The van der Waals surface area contributed by atoms with E-state index in [9.17, 15) is 5.26 Å². The predicted molar refractivity (Wildman–Crippen MR) is 88.1 cm³/mol. The van der Waals surface area contributed by atoms with Crippen molar-refractivity contribution >= 4 is 0 Å². The number of hydrogen-bond acceptors (Lipinski definition) is 3. The smallest absolute Gasteiger partial charge is 0.106 e. The SMILES string of the molecule is CCCC1CCCCN1CCCC(C#N)(CC)NC1CC1. The summed E-state index contributed by atoms with van der Waals surface area (Å²) in [6.07, 6.45) is 12.4. The molecule has 0 bridgehead atoms. The summed E-state index contributed by atoms with van der Waals surface area (Å²) in [5.74, 6) is 0. The second kappa shape index (κ2) is 8.15. The molecule has 1 N–H and O–H groups in total. The molecule has 1 heterocycles. The lowest BCUT2D eigenvalue weighted by Crippen LogP contribution is -2.46. The third-order valence-electron chi connectivity index (χ3n) is 5.30. The van der Waals surface area contributed by atoms with E-state index in [4.69, 9.17) is 0 Å². The van der Waals surface area contributed by atoms with Crippen molar-refractivity contribution in [1.82, 2.24) is 10.2 Å². The van der Waals surface area contributed by atoms with Crippen LogP contribution in [0.4, 0.5) is 0 Å². The van der Waals surface area contributed by atoms with Crippen LogP contribution in [0.5, 0.6) is 0 Å². The molecule has 0 spiro atoms. The Hall–Kier alpha value is -0.590. The Labute approximate surface area is 131 Å². The molecule has 0 radical (unpaired) electrons. The van der Waals surface area contributed by atoms with Gasteiger partial charge in [0.2, 0.25) is 0 Å². The molecule has 2 unspecified atom stereocenters. The van der Waals surface area contributed by atoms with Gasteiger partial charge in [-0.3, -0.25) is 5.32 Å². The van der Waals surface area contributed by atoms with E-state index in [1.807, 2.05) is 0 Å². The maximum atomic E-state index is 9.60. The fourth-order valence-corrected chi connectivity index (χ4v) is 3.74. The summed E-state index contributed by atoms with van der Waals surface area (Å²) >= 11 is 0. The van der Waals surface area contributed by atoms with Crippen LogP contribution >= 0.6 is 0 Å². The molecule has 1 saturated carbocycles. The average molecular weight is 291 g/mol. The van der Waals surface area contributed by atoms with Gasteiger partial charge in [-0.15, -0.1) is 0 Å². The van der Waals surface area contributed by atoms with Crippen LogP contribution in [-0.2, 0) is 0 Å². The Bertz CT molecular complexity index is 343. The predicted octanol–water partition coefficient (Wildman–Crippen LogP) is 3.85. The number of rotatable bonds is 9. The zero-order valence-electron chi connectivity index (χ0n) is 14.0. The number of nitrogens with zero attached hydrogens (tertiary/aromatic N) is 2. The van der Waals surface area contributed by atoms with Crippen molar-refractivity contribution < 1.29 is 0 Å². The third-order valence-corrected chi connectivity index (χ3v) is 5.30. The molecule has 3 heteroatoms. The van der Waals surface area contributed by atoms with Crippen LogP contribution in [0.3, 0.4) is 0 Å². The minimum atomic E-state index is -0.267. The van der Waals surface area contributed by atoms with Gasteiger partial charge in [0.15, 0.2) is 0 Å². The lowest BCUT2D eigenvalue weighted by atomic mass is 9.91. The van der Waals surface area contributed by atoms with Crippen LogP contribution < -0.4 is 5.32 Å². The van der Waals surface area contributed by atoms with Gasteiger partial charge < -0.3 is 4.90 Å². The number of likely N-dealkylation sites (tertiary alicyclic amines) is 1. The molecule has 2 atom stereocenters. The van der Waals surface area contributed by atoms with Crippen molar-refractivity contribution in [2.24, 2.45) is 0 Å². The highest BCUT2D eigenvalue weighted by molar-refractivity contribution is 5.09. The average Bonchev–Trinajstić information content (AvgIpc) is 3.32. The van der Waals surface area contributed by atoms with Crippen molar-refractivity contribution in [3.8, 4) is 6.07 Å². The zero-order valence-corrected chi connectivity index (χ0v) is 14.0. The fourth-order valence-electron chi connectivity index (χ4n) is 3.74. The largest absolute Gasteiger partial charge is 0.300 e. The maximum Gasteiger partial charge on any atom is 0.106 e. The van der Waals surface area contributed by atoms with Crippen LogP contribution in [-0.4, -0.2) is 35.6 Å². The first kappa shape index (κ1) is 16.8. The summed E-state index contributed by atoms with van der Waals surface area (Å²) in [5, 5.41) is 13.2. The lowest BCUT2D eigenvalue weighted by Gasteiger charge is -2.36. The van der Waals surface area contributed by atoms with Gasteiger partial charge in [-0.2, -0.15) is 5.26 Å². The van der Waals surface area contributed by atoms with Gasteiger partial charge in [-0.05, 0) is 64.5 Å². The van der Waals surface area contributed by atoms with Crippen LogP contribution in [0.25, 0.3) is 0 Å². The number of nitrogens with one attached hydrogen (secondary N) is 1. The van der Waals surface area contributed by atoms with E-state index in [1.165, 1.54) is 58.0 Å². The topological polar surface area (TPSA) is 39.1 Å². The van der Waals surface area contributed by atoms with E-state index < -0.39 is 0 Å². The van der Waals surface area contributed by atoms with E-state index in [-0.39, 0.29) is 5.54 Å². The highest BCUT2D eigenvalue weighted by Crippen LogP contribution is 2.27. The second-order valence-electron chi connectivity index (χ2n) is 7.04. The van der Waals surface area contributed by atoms with Crippen LogP contribution in [0.1, 0.15) is 78.1 Å². The number of nitriles is 1. The highest BCUT2D eigenvalue weighted by Gasteiger charge is 2.34. The molecular weight excluding hydrogens is 258 g/mol. The van der Waals surface area contributed by atoms with E-state index in [2.05, 4.69) is 30.1 Å². The minimum Gasteiger partial charge on any atom is -0.300 e. The Kier molecular flexibility index (Phi) is 6.51. The zero-order chi connectivity index (χ0) is 15.1. The lowest BCUT2D eigenvalue weighted by molar-refractivity contribution is 0.133. The summed E-state index contributed by atoms with van der Waals surface area (Å²) in [6, 6.07) is 4.00. The van der Waals surface area contributed by atoms with E-state index in [0.717, 1.165) is 25.3 Å². The molecule has 1 aliphatic carbocycles. The molecule has 0 aromatic rings. The molecule has 3 nitrogen and oxygen atoms in total. The Morgan fingerprint density at radius 2 is 2.05 bits per heavy atom. The van der Waals surface area contributed by atoms with Gasteiger partial charge in [0, 0.05) is 12.1 Å². The summed E-state index contributed by atoms with van der Waals surface area (Å²) < 4.78 is 0. The molecule has 0 aromatic heterocycles. The molecule has 1 aliphatic heterocycles. The first-order valence-corrected chi connectivity index (χ1v) is 9.16. The molecule has 120 valence electrons. The first-order valence-electron chi connectivity index (χ1n) is 9.16. The Morgan fingerprint density at radius 1 is 1.24 bits per heavy atom. The number of piperidine rings is 1. The van der Waals surface area contributed by atoms with Crippen molar-refractivity contribution in [3.05, 3.63) is 0 Å². The Morgan fingerprint density at radius 3 is 2.67 bits per heavy atom. The van der Waals surface area contributed by atoms with E-state index >= 15 is 0 Å². The monoisotopic (exact) mass is 291 g/mol. The van der Waals surface area contributed by atoms with E-state index in [1.54, 1.807) is 0 Å². The van der Waals surface area contributed by atoms with E-state index in [0.29, 0.717) is 6.04 Å². The molecule has 0 aromatic carbocycles. The van der Waals surface area contributed by atoms with Crippen LogP contribution in [0, 0.1) is 11.3 Å². The van der Waals surface area contributed by atoms with Gasteiger partial charge in [-0.25, -0.2) is 0 Å². The van der Waals surface area contributed by atoms with Crippen molar-refractivity contribution in [2.45, 2.75) is 95.7 Å². The molecule has 2 fully saturated rings. The Balaban J connectivity index is 1.78. The molecule has 21 heavy (non-hydrogen) atoms. The number of hydrogen-bond donors (Lipinski definition) is 1. The molecule has 0 amide bonds. The van der Waals surface area contributed by atoms with Crippen molar-refractivity contribution in [2.75, 3.05) is 13.1 Å². The minimum absolute atomic E-state index is 0.267. The van der Waals surface area contributed by atoms with Gasteiger partial charge >= 0.3 is 0 Å². The standard InChI is InChI=1S/C18H33N3/c1-3-8-17-9-5-6-13-21(17)14-7-12-18(4-2,15-19)20-16-10-11-16/h16-17,20H,3-14H2,1-2H3. The summed E-state index contributed by atoms with van der Waals surface area (Å²) in [5.41, 5.74) is -0.267. The van der Waals surface area contributed by atoms with Crippen LogP contribution in [0.15, 0.2) is 0 Å². The van der Waals surface area contributed by atoms with Crippen LogP contribution in [0.2, 0.25) is 0 Å². The molecular formula is C18H33N3. The normalized spacial score (nSPS) is 26.2. The van der Waals surface area contributed by atoms with Crippen molar-refractivity contribution in [1.29, 1.82) is 5.26 Å². The maximum absolute atomic E-state index is 9.60. The van der Waals surface area contributed by atoms with Gasteiger partial charge in [0.05, 0.1) is 6.07 Å². The summed E-state index contributed by atoms with van der Waals surface area (Å²) in [6.45, 7) is 6.90.